The van der Waals surface area contributed by atoms with Gasteiger partial charge in [-0.25, -0.2) is 0 Å². The maximum Gasteiger partial charge on any atom is 0.161 e. The van der Waals surface area contributed by atoms with Gasteiger partial charge in [0.25, 0.3) is 0 Å². The third-order valence-corrected chi connectivity index (χ3v) is 6.62. The third-order valence-electron chi connectivity index (χ3n) is 6.01. The largest absolute Gasteiger partial charge is 0.493 e. The number of anilines is 1. The molecule has 3 rings (SSSR count). The van der Waals surface area contributed by atoms with E-state index in [-0.39, 0.29) is 11.5 Å². The lowest BCUT2D eigenvalue weighted by Gasteiger charge is -2.35. The van der Waals surface area contributed by atoms with Crippen LogP contribution in [-0.4, -0.2) is 58.0 Å². The van der Waals surface area contributed by atoms with Gasteiger partial charge in [0.15, 0.2) is 11.5 Å². The summed E-state index contributed by atoms with van der Waals surface area (Å²) >= 11 is 13.4. The molecule has 1 aliphatic heterocycles. The standard InChI is InChI=1S/C27H38Cl2N2O3/c1-27(2,3)19-34-18-21(30-13-6-7-14-30)17-31(26-22(28)9-8-10-23(26)29)16-20-11-12-24(32-4)25(15-20)33-5/h8-12,15,21H,6-7,13-14,16-19H2,1-5H3. The molecule has 1 atom stereocenters. The summed E-state index contributed by atoms with van der Waals surface area (Å²) < 4.78 is 17.2. The van der Waals surface area contributed by atoms with Crippen molar-refractivity contribution in [1.29, 1.82) is 0 Å². The fourth-order valence-electron chi connectivity index (χ4n) is 4.36. The molecule has 0 bridgehead atoms. The highest BCUT2D eigenvalue weighted by atomic mass is 35.5. The van der Waals surface area contributed by atoms with E-state index >= 15 is 0 Å². The van der Waals surface area contributed by atoms with Crippen LogP contribution in [0.15, 0.2) is 36.4 Å². The first-order chi connectivity index (χ1) is 16.2. The maximum atomic E-state index is 6.69. The van der Waals surface area contributed by atoms with E-state index in [9.17, 15) is 0 Å². The van der Waals surface area contributed by atoms with Crippen molar-refractivity contribution < 1.29 is 14.2 Å². The fraction of sp³-hybridized carbons (Fsp3) is 0.556. The van der Waals surface area contributed by atoms with Crippen molar-refractivity contribution in [3.05, 3.63) is 52.0 Å². The van der Waals surface area contributed by atoms with Crippen LogP contribution >= 0.6 is 23.2 Å². The Morgan fingerprint density at radius 3 is 2.21 bits per heavy atom. The second-order valence-electron chi connectivity index (χ2n) is 10.1. The van der Waals surface area contributed by atoms with E-state index in [1.54, 1.807) is 14.2 Å². The molecule has 0 N–H and O–H groups in total. The Hall–Kier alpha value is -1.66. The summed E-state index contributed by atoms with van der Waals surface area (Å²) in [6.07, 6.45) is 2.44. The number of rotatable bonds is 11. The lowest BCUT2D eigenvalue weighted by atomic mass is 9.99. The summed E-state index contributed by atoms with van der Waals surface area (Å²) in [6.45, 7) is 11.5. The van der Waals surface area contributed by atoms with Gasteiger partial charge < -0.3 is 19.1 Å². The predicted molar refractivity (Wildman–Crippen MR) is 142 cm³/mol. The number of methoxy groups -OCH3 is 2. The Morgan fingerprint density at radius 2 is 1.62 bits per heavy atom. The van der Waals surface area contributed by atoms with Crippen molar-refractivity contribution in [3.63, 3.8) is 0 Å². The van der Waals surface area contributed by atoms with Gasteiger partial charge in [-0.1, -0.05) is 56.1 Å². The summed E-state index contributed by atoms with van der Waals surface area (Å²) in [6, 6.07) is 11.9. The third kappa shape index (κ3) is 7.42. The number of hydrogen-bond acceptors (Lipinski definition) is 5. The van der Waals surface area contributed by atoms with Gasteiger partial charge in [-0.05, 0) is 61.2 Å². The molecule has 0 amide bonds. The van der Waals surface area contributed by atoms with Crippen LogP contribution in [0.1, 0.15) is 39.2 Å². The van der Waals surface area contributed by atoms with Crippen molar-refractivity contribution in [1.82, 2.24) is 4.90 Å². The normalized spacial score (nSPS) is 15.4. The number of benzene rings is 2. The number of nitrogens with zero attached hydrogens (tertiary/aromatic N) is 2. The molecule has 1 fully saturated rings. The Balaban J connectivity index is 1.90. The minimum Gasteiger partial charge on any atom is -0.493 e. The van der Waals surface area contributed by atoms with E-state index in [2.05, 4.69) is 36.6 Å². The zero-order chi connectivity index (χ0) is 24.7. The summed E-state index contributed by atoms with van der Waals surface area (Å²) in [7, 11) is 3.30. The quantitative estimate of drug-likeness (QED) is 0.344. The molecule has 34 heavy (non-hydrogen) atoms. The van der Waals surface area contributed by atoms with Crippen LogP contribution in [0.4, 0.5) is 5.69 Å². The second kappa shape index (κ2) is 12.3. The van der Waals surface area contributed by atoms with Gasteiger partial charge in [0.1, 0.15) is 0 Å². The highest BCUT2D eigenvalue weighted by Crippen LogP contribution is 2.36. The van der Waals surface area contributed by atoms with Crippen LogP contribution in [0.3, 0.4) is 0 Å². The smallest absolute Gasteiger partial charge is 0.161 e. The Morgan fingerprint density at radius 1 is 0.971 bits per heavy atom. The summed E-state index contributed by atoms with van der Waals surface area (Å²) in [4.78, 5) is 4.81. The average molecular weight is 510 g/mol. The van der Waals surface area contributed by atoms with Crippen LogP contribution in [0.2, 0.25) is 10.0 Å². The van der Waals surface area contributed by atoms with E-state index in [4.69, 9.17) is 37.4 Å². The van der Waals surface area contributed by atoms with Gasteiger partial charge in [0.05, 0.1) is 49.2 Å². The van der Waals surface area contributed by atoms with E-state index in [1.165, 1.54) is 12.8 Å². The molecular weight excluding hydrogens is 471 g/mol. The van der Waals surface area contributed by atoms with Gasteiger partial charge >= 0.3 is 0 Å². The van der Waals surface area contributed by atoms with Crippen LogP contribution in [0.5, 0.6) is 11.5 Å². The first-order valence-corrected chi connectivity index (χ1v) is 12.7. The van der Waals surface area contributed by atoms with Crippen molar-refractivity contribution in [3.8, 4) is 11.5 Å². The van der Waals surface area contributed by atoms with Crippen molar-refractivity contribution in [2.45, 2.75) is 46.2 Å². The van der Waals surface area contributed by atoms with Gasteiger partial charge in [-0.15, -0.1) is 0 Å². The molecule has 1 aliphatic rings. The molecule has 5 nitrogen and oxygen atoms in total. The number of hydrogen-bond donors (Lipinski definition) is 0. The highest BCUT2D eigenvalue weighted by molar-refractivity contribution is 6.39. The number of para-hydroxylation sites is 1. The molecule has 0 aliphatic carbocycles. The van der Waals surface area contributed by atoms with Crippen LogP contribution in [0, 0.1) is 5.41 Å². The molecule has 1 unspecified atom stereocenters. The number of halogens is 2. The Kier molecular flexibility index (Phi) is 9.78. The Bertz CT molecular complexity index is 906. The van der Waals surface area contributed by atoms with Gasteiger partial charge in [0.2, 0.25) is 0 Å². The summed E-state index contributed by atoms with van der Waals surface area (Å²) in [5, 5.41) is 1.28. The van der Waals surface area contributed by atoms with E-state index in [0.717, 1.165) is 37.5 Å². The lowest BCUT2D eigenvalue weighted by molar-refractivity contribution is 0.0318. The molecule has 0 spiro atoms. The monoisotopic (exact) mass is 508 g/mol. The number of likely N-dealkylation sites (tertiary alicyclic amines) is 1. The van der Waals surface area contributed by atoms with Crippen molar-refractivity contribution in [2.24, 2.45) is 5.41 Å². The second-order valence-corrected chi connectivity index (χ2v) is 10.9. The fourth-order valence-corrected chi connectivity index (χ4v) is 5.00. The molecule has 7 heteroatoms. The first kappa shape index (κ1) is 26.9. The van der Waals surface area contributed by atoms with Gasteiger partial charge in [-0.3, -0.25) is 4.90 Å². The van der Waals surface area contributed by atoms with Gasteiger partial charge in [-0.2, -0.15) is 0 Å². The lowest BCUT2D eigenvalue weighted by Crippen LogP contribution is -2.46. The maximum absolute atomic E-state index is 6.69. The molecule has 1 heterocycles. The van der Waals surface area contributed by atoms with E-state index < -0.39 is 0 Å². The zero-order valence-electron chi connectivity index (χ0n) is 21.1. The summed E-state index contributed by atoms with van der Waals surface area (Å²) in [5.41, 5.74) is 2.06. The molecule has 2 aromatic rings. The number of ether oxygens (including phenoxy) is 3. The first-order valence-electron chi connectivity index (χ1n) is 11.9. The molecule has 1 saturated heterocycles. The molecular formula is C27H38Cl2N2O3. The molecule has 2 aromatic carbocycles. The molecule has 0 aromatic heterocycles. The predicted octanol–water partition coefficient (Wildman–Crippen LogP) is 6.54. The Labute approximate surface area is 214 Å². The van der Waals surface area contributed by atoms with Crippen LogP contribution in [0.25, 0.3) is 0 Å². The summed E-state index contributed by atoms with van der Waals surface area (Å²) in [5.74, 6) is 1.41. The minimum atomic E-state index is 0.126. The topological polar surface area (TPSA) is 34.2 Å². The molecule has 0 saturated carbocycles. The van der Waals surface area contributed by atoms with E-state index in [0.29, 0.717) is 34.7 Å². The van der Waals surface area contributed by atoms with Crippen LogP contribution < -0.4 is 14.4 Å². The minimum absolute atomic E-state index is 0.126. The van der Waals surface area contributed by atoms with Crippen molar-refractivity contribution >= 4 is 28.9 Å². The molecule has 0 radical (unpaired) electrons. The van der Waals surface area contributed by atoms with Crippen LogP contribution in [-0.2, 0) is 11.3 Å². The SMILES string of the molecule is COc1ccc(CN(CC(COCC(C)(C)C)N2CCCC2)c2c(Cl)cccc2Cl)cc1OC. The highest BCUT2D eigenvalue weighted by Gasteiger charge is 2.27. The van der Waals surface area contributed by atoms with Crippen molar-refractivity contribution in [2.75, 3.05) is 52.0 Å². The average Bonchev–Trinajstić information content (AvgIpc) is 3.32. The van der Waals surface area contributed by atoms with E-state index in [1.807, 2.05) is 30.3 Å². The zero-order valence-corrected chi connectivity index (χ0v) is 22.6. The molecule has 188 valence electrons. The van der Waals surface area contributed by atoms with Gasteiger partial charge in [0, 0.05) is 13.1 Å².